The van der Waals surface area contributed by atoms with Gasteiger partial charge in [0.25, 0.3) is 0 Å². The Balaban J connectivity index is 1.51. The molecule has 1 aliphatic carbocycles. The summed E-state index contributed by atoms with van der Waals surface area (Å²) < 4.78 is 12.9. The van der Waals surface area contributed by atoms with Crippen molar-refractivity contribution < 1.29 is 4.39 Å². The molecule has 3 nitrogen and oxygen atoms in total. The molecule has 110 valence electrons. The van der Waals surface area contributed by atoms with Crippen molar-refractivity contribution in [2.24, 2.45) is 11.1 Å². The van der Waals surface area contributed by atoms with Crippen molar-refractivity contribution in [1.29, 1.82) is 0 Å². The molecule has 0 aromatic heterocycles. The maximum atomic E-state index is 12.9. The van der Waals surface area contributed by atoms with Crippen LogP contribution in [0.25, 0.3) is 0 Å². The summed E-state index contributed by atoms with van der Waals surface area (Å²) in [6.07, 6.45) is 3.87. The van der Waals surface area contributed by atoms with Gasteiger partial charge < -0.3 is 10.6 Å². The molecule has 0 spiro atoms. The van der Waals surface area contributed by atoms with Crippen LogP contribution in [-0.4, -0.2) is 44.2 Å². The lowest BCUT2D eigenvalue weighted by Crippen LogP contribution is -2.48. The van der Waals surface area contributed by atoms with Crippen LogP contribution in [0.4, 0.5) is 10.1 Å². The van der Waals surface area contributed by atoms with Crippen molar-refractivity contribution in [1.82, 2.24) is 4.90 Å². The second-order valence-electron chi connectivity index (χ2n) is 6.28. The monoisotopic (exact) mass is 277 g/mol. The van der Waals surface area contributed by atoms with E-state index in [1.807, 2.05) is 12.1 Å². The number of piperazine rings is 1. The Hall–Kier alpha value is -1.13. The molecule has 0 unspecified atom stereocenters. The fraction of sp³-hybridized carbons (Fsp3) is 0.625. The van der Waals surface area contributed by atoms with E-state index in [1.54, 1.807) is 12.1 Å². The van der Waals surface area contributed by atoms with E-state index in [4.69, 9.17) is 5.73 Å². The highest BCUT2D eigenvalue weighted by molar-refractivity contribution is 5.46. The van der Waals surface area contributed by atoms with Gasteiger partial charge in [-0.25, -0.2) is 4.39 Å². The number of benzene rings is 1. The minimum Gasteiger partial charge on any atom is -0.369 e. The number of nitrogens with two attached hydrogens (primary N) is 1. The number of hydrogen-bond donors (Lipinski definition) is 1. The van der Waals surface area contributed by atoms with E-state index in [-0.39, 0.29) is 5.82 Å². The Morgan fingerprint density at radius 1 is 1.05 bits per heavy atom. The molecular formula is C16H24FN3. The number of hydrogen-bond acceptors (Lipinski definition) is 3. The molecule has 1 saturated carbocycles. The first kappa shape index (κ1) is 13.8. The van der Waals surface area contributed by atoms with Crippen LogP contribution in [0.15, 0.2) is 24.3 Å². The Morgan fingerprint density at radius 3 is 2.25 bits per heavy atom. The molecule has 1 aromatic rings. The van der Waals surface area contributed by atoms with E-state index in [0.717, 1.165) is 38.4 Å². The lowest BCUT2D eigenvalue weighted by Gasteiger charge is -2.37. The average molecular weight is 277 g/mol. The third-order valence-corrected chi connectivity index (χ3v) is 4.75. The Bertz CT molecular complexity index is 434. The molecule has 0 amide bonds. The van der Waals surface area contributed by atoms with Gasteiger partial charge in [0.2, 0.25) is 0 Å². The summed E-state index contributed by atoms with van der Waals surface area (Å²) in [6, 6.07) is 6.84. The van der Waals surface area contributed by atoms with Gasteiger partial charge in [-0.1, -0.05) is 0 Å². The first-order valence-corrected chi connectivity index (χ1v) is 7.64. The van der Waals surface area contributed by atoms with E-state index in [1.165, 1.54) is 25.8 Å². The first-order valence-electron chi connectivity index (χ1n) is 7.64. The topological polar surface area (TPSA) is 32.5 Å². The maximum Gasteiger partial charge on any atom is 0.123 e. The van der Waals surface area contributed by atoms with Gasteiger partial charge in [-0.15, -0.1) is 0 Å². The van der Waals surface area contributed by atoms with Gasteiger partial charge >= 0.3 is 0 Å². The van der Waals surface area contributed by atoms with Gasteiger partial charge in [0.15, 0.2) is 0 Å². The number of halogens is 1. The Labute approximate surface area is 120 Å². The number of rotatable bonds is 5. The predicted molar refractivity (Wildman–Crippen MR) is 80.4 cm³/mol. The minimum atomic E-state index is -0.162. The van der Waals surface area contributed by atoms with Crippen LogP contribution in [0.2, 0.25) is 0 Å². The summed E-state index contributed by atoms with van der Waals surface area (Å²) in [5, 5.41) is 0. The predicted octanol–water partition coefficient (Wildman–Crippen LogP) is 2.08. The summed E-state index contributed by atoms with van der Waals surface area (Å²) in [4.78, 5) is 4.92. The van der Waals surface area contributed by atoms with E-state index in [9.17, 15) is 4.39 Å². The van der Waals surface area contributed by atoms with Crippen LogP contribution in [0.3, 0.4) is 0 Å². The Morgan fingerprint density at radius 2 is 1.70 bits per heavy atom. The second kappa shape index (κ2) is 5.70. The zero-order valence-electron chi connectivity index (χ0n) is 12.0. The fourth-order valence-electron chi connectivity index (χ4n) is 3.26. The molecule has 2 fully saturated rings. The van der Waals surface area contributed by atoms with Crippen LogP contribution >= 0.6 is 0 Å². The smallest absolute Gasteiger partial charge is 0.123 e. The van der Waals surface area contributed by atoms with Crippen LogP contribution in [-0.2, 0) is 0 Å². The summed E-state index contributed by atoms with van der Waals surface area (Å²) in [5.41, 5.74) is 7.38. The standard InChI is InChI=1S/C16H24FN3/c17-14-1-3-15(4-2-14)20-11-9-19(10-12-20)13-16(5-6-16)7-8-18/h1-4H,5-13,18H2. The van der Waals surface area contributed by atoms with E-state index >= 15 is 0 Å². The van der Waals surface area contributed by atoms with Gasteiger partial charge in [0, 0.05) is 38.4 Å². The van der Waals surface area contributed by atoms with Crippen molar-refractivity contribution in [3.05, 3.63) is 30.1 Å². The van der Waals surface area contributed by atoms with E-state index < -0.39 is 0 Å². The molecule has 2 N–H and O–H groups in total. The molecule has 1 aromatic carbocycles. The van der Waals surface area contributed by atoms with Gasteiger partial charge in [-0.05, 0) is 55.5 Å². The Kier molecular flexibility index (Phi) is 3.94. The highest BCUT2D eigenvalue weighted by Crippen LogP contribution is 2.49. The molecule has 1 saturated heterocycles. The summed E-state index contributed by atoms with van der Waals surface area (Å²) in [5.74, 6) is -0.162. The molecular weight excluding hydrogens is 253 g/mol. The summed E-state index contributed by atoms with van der Waals surface area (Å²) in [6.45, 7) is 6.29. The maximum absolute atomic E-state index is 12.9. The molecule has 0 bridgehead atoms. The van der Waals surface area contributed by atoms with Gasteiger partial charge in [0.05, 0.1) is 0 Å². The highest BCUT2D eigenvalue weighted by atomic mass is 19.1. The first-order chi connectivity index (χ1) is 9.71. The molecule has 1 heterocycles. The molecule has 0 atom stereocenters. The van der Waals surface area contributed by atoms with Crippen LogP contribution < -0.4 is 10.6 Å². The van der Waals surface area contributed by atoms with Crippen LogP contribution in [0.5, 0.6) is 0 Å². The molecule has 0 radical (unpaired) electrons. The quantitative estimate of drug-likeness (QED) is 0.894. The summed E-state index contributed by atoms with van der Waals surface area (Å²) in [7, 11) is 0. The minimum absolute atomic E-state index is 0.162. The van der Waals surface area contributed by atoms with Gasteiger partial charge in [0.1, 0.15) is 5.82 Å². The molecule has 2 aliphatic rings. The fourth-order valence-corrected chi connectivity index (χ4v) is 3.26. The number of anilines is 1. The third-order valence-electron chi connectivity index (χ3n) is 4.75. The van der Waals surface area contributed by atoms with Crippen molar-refractivity contribution in [2.75, 3.05) is 44.2 Å². The number of nitrogens with zero attached hydrogens (tertiary/aromatic N) is 2. The van der Waals surface area contributed by atoms with Crippen molar-refractivity contribution in [3.8, 4) is 0 Å². The largest absolute Gasteiger partial charge is 0.369 e. The zero-order valence-corrected chi connectivity index (χ0v) is 12.0. The van der Waals surface area contributed by atoms with Gasteiger partial charge in [-0.3, -0.25) is 4.90 Å². The normalized spacial score (nSPS) is 22.0. The van der Waals surface area contributed by atoms with E-state index in [2.05, 4.69) is 9.80 Å². The summed E-state index contributed by atoms with van der Waals surface area (Å²) >= 11 is 0. The van der Waals surface area contributed by atoms with Crippen molar-refractivity contribution in [2.45, 2.75) is 19.3 Å². The molecule has 3 rings (SSSR count). The van der Waals surface area contributed by atoms with Crippen molar-refractivity contribution in [3.63, 3.8) is 0 Å². The highest BCUT2D eigenvalue weighted by Gasteiger charge is 2.43. The van der Waals surface area contributed by atoms with Gasteiger partial charge in [-0.2, -0.15) is 0 Å². The zero-order chi connectivity index (χ0) is 14.0. The molecule has 4 heteroatoms. The molecule has 1 aliphatic heterocycles. The second-order valence-corrected chi connectivity index (χ2v) is 6.28. The van der Waals surface area contributed by atoms with Crippen molar-refractivity contribution >= 4 is 5.69 Å². The SMILES string of the molecule is NCCC1(CN2CCN(c3ccc(F)cc3)CC2)CC1. The lowest BCUT2D eigenvalue weighted by molar-refractivity contribution is 0.203. The average Bonchev–Trinajstić information content (AvgIpc) is 3.21. The third kappa shape index (κ3) is 3.13. The van der Waals surface area contributed by atoms with Crippen LogP contribution in [0.1, 0.15) is 19.3 Å². The van der Waals surface area contributed by atoms with Crippen LogP contribution in [0, 0.1) is 11.2 Å². The lowest BCUT2D eigenvalue weighted by atomic mass is 10.0. The van der Waals surface area contributed by atoms with E-state index in [0.29, 0.717) is 5.41 Å². The molecule has 20 heavy (non-hydrogen) atoms.